The minimum absolute atomic E-state index is 0.106. The Labute approximate surface area is 166 Å². The van der Waals surface area contributed by atoms with Crippen molar-refractivity contribution in [1.29, 1.82) is 0 Å². The van der Waals surface area contributed by atoms with E-state index in [-0.39, 0.29) is 12.3 Å². The van der Waals surface area contributed by atoms with E-state index in [1.807, 2.05) is 0 Å². The van der Waals surface area contributed by atoms with Gasteiger partial charge in [-0.2, -0.15) is 13.2 Å². The van der Waals surface area contributed by atoms with Gasteiger partial charge in [0.05, 0.1) is 12.0 Å². The van der Waals surface area contributed by atoms with Crippen LogP contribution in [0.4, 0.5) is 13.2 Å². The molecule has 2 aromatic carbocycles. The van der Waals surface area contributed by atoms with Crippen molar-refractivity contribution < 1.29 is 28.0 Å². The zero-order chi connectivity index (χ0) is 21.2. The number of hydrogen-bond donors (Lipinski definition) is 2. The van der Waals surface area contributed by atoms with E-state index >= 15 is 0 Å². The van der Waals surface area contributed by atoms with Crippen LogP contribution >= 0.6 is 0 Å². The molecule has 3 rings (SSSR count). The number of carbonyl (C=O) groups is 2. The molecule has 0 saturated carbocycles. The first-order valence-electron chi connectivity index (χ1n) is 9.19. The third-order valence-corrected chi connectivity index (χ3v) is 4.98. The average molecular weight is 406 g/mol. The number of nitrogens with one attached hydrogen (secondary N) is 1. The summed E-state index contributed by atoms with van der Waals surface area (Å²) >= 11 is 0. The molecule has 154 valence electrons. The molecule has 0 fully saturated rings. The van der Waals surface area contributed by atoms with Crippen LogP contribution in [0.25, 0.3) is 0 Å². The fourth-order valence-corrected chi connectivity index (χ4v) is 3.59. The average Bonchev–Trinajstić information content (AvgIpc) is 2.88. The number of halogens is 3. The lowest BCUT2D eigenvalue weighted by atomic mass is 10.0. The quantitative estimate of drug-likeness (QED) is 0.604. The highest BCUT2D eigenvalue weighted by Crippen LogP contribution is 2.31. The Morgan fingerprint density at radius 2 is 1.90 bits per heavy atom. The molecule has 0 unspecified atom stereocenters. The van der Waals surface area contributed by atoms with Crippen molar-refractivity contribution in [3.05, 3.63) is 69.8 Å². The maximum absolute atomic E-state index is 13.0. The van der Waals surface area contributed by atoms with Crippen molar-refractivity contribution in [2.24, 2.45) is 0 Å². The number of carbonyl (C=O) groups excluding carboxylic acids is 2. The summed E-state index contributed by atoms with van der Waals surface area (Å²) in [5.74, 6) is -0.848. The Hall–Kier alpha value is -2.87. The Bertz CT molecular complexity index is 941. The van der Waals surface area contributed by atoms with E-state index in [0.717, 1.165) is 23.3 Å². The topological polar surface area (TPSA) is 69.6 Å². The number of hydrogen-bond acceptors (Lipinski definition) is 3. The molecule has 2 amide bonds. The van der Waals surface area contributed by atoms with Crippen LogP contribution in [-0.4, -0.2) is 28.5 Å². The Balaban J connectivity index is 1.77. The SMILES string of the molecule is Cc1cc(CC(=O)N2CCCc3cc(C(=O)NO)ccc3C2)cc(C(F)(F)F)c1. The van der Waals surface area contributed by atoms with Crippen molar-refractivity contribution in [2.45, 2.75) is 38.9 Å². The summed E-state index contributed by atoms with van der Waals surface area (Å²) in [7, 11) is 0. The van der Waals surface area contributed by atoms with E-state index in [1.165, 1.54) is 0 Å². The van der Waals surface area contributed by atoms with Crippen LogP contribution in [0.2, 0.25) is 0 Å². The lowest BCUT2D eigenvalue weighted by Gasteiger charge is -2.21. The predicted octanol–water partition coefficient (Wildman–Crippen LogP) is 3.65. The minimum atomic E-state index is -4.45. The fraction of sp³-hybridized carbons (Fsp3) is 0.333. The summed E-state index contributed by atoms with van der Waals surface area (Å²) in [4.78, 5) is 26.0. The predicted molar refractivity (Wildman–Crippen MR) is 99.3 cm³/mol. The summed E-state index contributed by atoms with van der Waals surface area (Å²) < 4.78 is 39.1. The van der Waals surface area contributed by atoms with Crippen molar-refractivity contribution in [3.63, 3.8) is 0 Å². The highest BCUT2D eigenvalue weighted by Gasteiger charge is 2.31. The van der Waals surface area contributed by atoms with Gasteiger partial charge in [-0.25, -0.2) is 5.48 Å². The van der Waals surface area contributed by atoms with Gasteiger partial charge in [0, 0.05) is 18.7 Å². The molecule has 8 heteroatoms. The molecule has 0 aromatic heterocycles. The zero-order valence-corrected chi connectivity index (χ0v) is 15.8. The first kappa shape index (κ1) is 20.9. The van der Waals surface area contributed by atoms with Gasteiger partial charge in [-0.15, -0.1) is 0 Å². The molecule has 2 aromatic rings. The molecule has 29 heavy (non-hydrogen) atoms. The number of benzene rings is 2. The third-order valence-electron chi connectivity index (χ3n) is 4.98. The molecule has 5 nitrogen and oxygen atoms in total. The van der Waals surface area contributed by atoms with E-state index in [0.29, 0.717) is 42.6 Å². The Kier molecular flexibility index (Phi) is 5.93. The van der Waals surface area contributed by atoms with Crippen LogP contribution in [0.3, 0.4) is 0 Å². The number of amides is 2. The van der Waals surface area contributed by atoms with E-state index < -0.39 is 17.6 Å². The molecule has 0 aliphatic carbocycles. The van der Waals surface area contributed by atoms with Crippen molar-refractivity contribution in [3.8, 4) is 0 Å². The lowest BCUT2D eigenvalue weighted by Crippen LogP contribution is -2.32. The van der Waals surface area contributed by atoms with E-state index in [9.17, 15) is 22.8 Å². The Morgan fingerprint density at radius 1 is 1.14 bits per heavy atom. The molecule has 0 spiro atoms. The van der Waals surface area contributed by atoms with Gasteiger partial charge in [0.2, 0.25) is 5.91 Å². The van der Waals surface area contributed by atoms with Crippen LogP contribution in [0.5, 0.6) is 0 Å². The van der Waals surface area contributed by atoms with Gasteiger partial charge in [0.1, 0.15) is 0 Å². The molecule has 1 aliphatic heterocycles. The van der Waals surface area contributed by atoms with Gasteiger partial charge in [-0.3, -0.25) is 14.8 Å². The standard InChI is InChI=1S/C21H21F3N2O3/c1-13-7-14(9-18(8-13)21(22,23)24)10-19(27)26-6-2-3-15-11-16(20(28)25-29)4-5-17(15)12-26/h4-5,7-9,11,29H,2-3,6,10,12H2,1H3,(H,25,28). The number of alkyl halides is 3. The maximum Gasteiger partial charge on any atom is 0.416 e. The monoisotopic (exact) mass is 406 g/mol. The molecule has 1 heterocycles. The molecule has 0 radical (unpaired) electrons. The van der Waals surface area contributed by atoms with Crippen molar-refractivity contribution in [2.75, 3.05) is 6.54 Å². The maximum atomic E-state index is 13.0. The number of fused-ring (bicyclic) bond motifs is 1. The number of nitrogens with zero attached hydrogens (tertiary/aromatic N) is 1. The van der Waals surface area contributed by atoms with Gasteiger partial charge in [0.15, 0.2) is 0 Å². The molecule has 2 N–H and O–H groups in total. The number of aryl methyl sites for hydroxylation is 2. The van der Waals surface area contributed by atoms with E-state index in [4.69, 9.17) is 5.21 Å². The molecule has 1 aliphatic rings. The minimum Gasteiger partial charge on any atom is -0.338 e. The second-order valence-corrected chi connectivity index (χ2v) is 7.23. The Morgan fingerprint density at radius 3 is 2.59 bits per heavy atom. The summed E-state index contributed by atoms with van der Waals surface area (Å²) in [5.41, 5.74) is 3.75. The summed E-state index contributed by atoms with van der Waals surface area (Å²) in [6.07, 6.45) is -3.23. The molecule has 0 atom stereocenters. The van der Waals surface area contributed by atoms with Gasteiger partial charge in [-0.05, 0) is 60.7 Å². The highest BCUT2D eigenvalue weighted by atomic mass is 19.4. The zero-order valence-electron chi connectivity index (χ0n) is 15.8. The van der Waals surface area contributed by atoms with Crippen LogP contribution in [0, 0.1) is 6.92 Å². The van der Waals surface area contributed by atoms with Crippen LogP contribution in [-0.2, 0) is 30.4 Å². The molecular weight excluding hydrogens is 385 g/mol. The van der Waals surface area contributed by atoms with Gasteiger partial charge in [-0.1, -0.05) is 17.7 Å². The number of hydroxylamine groups is 1. The van der Waals surface area contributed by atoms with Crippen molar-refractivity contribution in [1.82, 2.24) is 10.4 Å². The largest absolute Gasteiger partial charge is 0.416 e. The van der Waals surface area contributed by atoms with Gasteiger partial charge in [0.25, 0.3) is 5.91 Å². The summed E-state index contributed by atoms with van der Waals surface area (Å²) in [5, 5.41) is 8.77. The normalized spacial score (nSPS) is 14.2. The van der Waals surface area contributed by atoms with Crippen LogP contribution < -0.4 is 5.48 Å². The fourth-order valence-electron chi connectivity index (χ4n) is 3.59. The first-order chi connectivity index (χ1) is 13.7. The summed E-state index contributed by atoms with van der Waals surface area (Å²) in [6, 6.07) is 8.67. The highest BCUT2D eigenvalue weighted by molar-refractivity contribution is 5.93. The summed E-state index contributed by atoms with van der Waals surface area (Å²) in [6.45, 7) is 2.38. The smallest absolute Gasteiger partial charge is 0.338 e. The van der Waals surface area contributed by atoms with Gasteiger partial charge >= 0.3 is 6.18 Å². The number of rotatable bonds is 3. The lowest BCUT2D eigenvalue weighted by molar-refractivity contribution is -0.138. The second kappa shape index (κ2) is 8.24. The van der Waals surface area contributed by atoms with Crippen molar-refractivity contribution >= 4 is 11.8 Å². The van der Waals surface area contributed by atoms with Crippen LogP contribution in [0.1, 0.15) is 44.6 Å². The second-order valence-electron chi connectivity index (χ2n) is 7.23. The van der Waals surface area contributed by atoms with Crippen LogP contribution in [0.15, 0.2) is 36.4 Å². The third kappa shape index (κ3) is 4.95. The molecular formula is C21H21F3N2O3. The van der Waals surface area contributed by atoms with E-state index in [2.05, 4.69) is 0 Å². The van der Waals surface area contributed by atoms with E-state index in [1.54, 1.807) is 41.6 Å². The molecule has 0 saturated heterocycles. The van der Waals surface area contributed by atoms with Gasteiger partial charge < -0.3 is 4.90 Å². The first-order valence-corrected chi connectivity index (χ1v) is 9.19. The molecule has 0 bridgehead atoms.